The quantitative estimate of drug-likeness (QED) is 0.902. The Morgan fingerprint density at radius 2 is 2.14 bits per heavy atom. The van der Waals surface area contributed by atoms with Gasteiger partial charge in [0.1, 0.15) is 5.58 Å². The van der Waals surface area contributed by atoms with Gasteiger partial charge in [-0.2, -0.15) is 0 Å². The molecule has 0 aliphatic carbocycles. The molecule has 1 aliphatic rings. The molecule has 6 heteroatoms. The zero-order valence-corrected chi connectivity index (χ0v) is 13.0. The fourth-order valence-electron chi connectivity index (χ4n) is 2.82. The van der Waals surface area contributed by atoms with Crippen LogP contribution < -0.4 is 0 Å². The predicted molar refractivity (Wildman–Crippen MR) is 80.2 cm³/mol. The Morgan fingerprint density at radius 3 is 2.81 bits per heavy atom. The fraction of sp³-hybridized carbons (Fsp3) is 0.333. The number of carbonyl (C=O) groups is 2. The number of benzene rings is 1. The summed E-state index contributed by atoms with van der Waals surface area (Å²) in [6.07, 6.45) is 0.480. The van der Waals surface area contributed by atoms with Gasteiger partial charge in [-0.25, -0.2) is 0 Å². The molecular weight excluding hydrogens is 338 g/mol. The molecule has 1 amide bonds. The van der Waals surface area contributed by atoms with Crippen molar-refractivity contribution in [3.05, 3.63) is 34.5 Å². The lowest BCUT2D eigenvalue weighted by Crippen LogP contribution is -2.37. The number of carboxylic acids is 1. The van der Waals surface area contributed by atoms with Gasteiger partial charge < -0.3 is 14.4 Å². The van der Waals surface area contributed by atoms with Gasteiger partial charge in [0.05, 0.1) is 5.92 Å². The maximum atomic E-state index is 12.5. The fourth-order valence-corrected chi connectivity index (χ4v) is 3.20. The Balaban J connectivity index is 1.89. The summed E-state index contributed by atoms with van der Waals surface area (Å²) in [5, 5.41) is 9.97. The van der Waals surface area contributed by atoms with Gasteiger partial charge in [-0.05, 0) is 37.6 Å². The van der Waals surface area contributed by atoms with E-state index in [4.69, 9.17) is 9.52 Å². The molecule has 0 spiro atoms. The lowest BCUT2D eigenvalue weighted by molar-refractivity contribution is -0.142. The number of amides is 1. The summed E-state index contributed by atoms with van der Waals surface area (Å²) in [5.74, 6) is -1.36. The van der Waals surface area contributed by atoms with E-state index < -0.39 is 11.9 Å². The Kier molecular flexibility index (Phi) is 3.49. The highest BCUT2D eigenvalue weighted by Gasteiger charge is 2.39. The Morgan fingerprint density at radius 1 is 1.38 bits per heavy atom. The monoisotopic (exact) mass is 351 g/mol. The minimum absolute atomic E-state index is 0.251. The normalized spacial score (nSPS) is 21.9. The van der Waals surface area contributed by atoms with Crippen LogP contribution in [-0.2, 0) is 4.79 Å². The second-order valence-electron chi connectivity index (χ2n) is 5.27. The van der Waals surface area contributed by atoms with E-state index in [1.165, 1.54) is 0 Å². The maximum absolute atomic E-state index is 12.5. The van der Waals surface area contributed by atoms with Crippen LogP contribution in [0, 0.1) is 5.92 Å². The first kappa shape index (κ1) is 14.1. The molecule has 2 heterocycles. The molecule has 1 fully saturated rings. The highest BCUT2D eigenvalue weighted by Crippen LogP contribution is 2.29. The number of fused-ring (bicyclic) bond motifs is 1. The lowest BCUT2D eigenvalue weighted by atomic mass is 10.0. The van der Waals surface area contributed by atoms with Gasteiger partial charge in [0.2, 0.25) is 0 Å². The second-order valence-corrected chi connectivity index (χ2v) is 6.18. The number of aliphatic carboxylic acids is 1. The first-order valence-corrected chi connectivity index (χ1v) is 7.49. The number of hydrogen-bond donors (Lipinski definition) is 1. The van der Waals surface area contributed by atoms with Crippen LogP contribution in [0.2, 0.25) is 0 Å². The van der Waals surface area contributed by atoms with Crippen LogP contribution in [0.15, 0.2) is 33.2 Å². The number of carboxylic acid groups (broad SMARTS) is 1. The van der Waals surface area contributed by atoms with Crippen molar-refractivity contribution in [2.45, 2.75) is 19.4 Å². The molecular formula is C15H14BrNO4. The largest absolute Gasteiger partial charge is 0.481 e. The van der Waals surface area contributed by atoms with E-state index in [0.29, 0.717) is 18.5 Å². The maximum Gasteiger partial charge on any atom is 0.308 e. The van der Waals surface area contributed by atoms with Crippen molar-refractivity contribution in [3.63, 3.8) is 0 Å². The van der Waals surface area contributed by atoms with Crippen molar-refractivity contribution in [2.24, 2.45) is 5.92 Å². The van der Waals surface area contributed by atoms with Crippen LogP contribution in [0.5, 0.6) is 0 Å². The molecule has 3 rings (SSSR count). The third-order valence-corrected chi connectivity index (χ3v) is 4.52. The van der Waals surface area contributed by atoms with Crippen molar-refractivity contribution < 1.29 is 19.1 Å². The molecule has 2 unspecified atom stereocenters. The summed E-state index contributed by atoms with van der Waals surface area (Å²) in [6.45, 7) is 2.21. The van der Waals surface area contributed by atoms with Crippen molar-refractivity contribution >= 4 is 38.8 Å². The number of furan rings is 1. The molecule has 2 atom stereocenters. The Bertz CT molecular complexity index is 724. The molecule has 0 bridgehead atoms. The minimum atomic E-state index is -0.855. The molecule has 5 nitrogen and oxygen atoms in total. The van der Waals surface area contributed by atoms with E-state index in [1.807, 2.05) is 12.1 Å². The highest BCUT2D eigenvalue weighted by molar-refractivity contribution is 9.10. The van der Waals surface area contributed by atoms with E-state index in [9.17, 15) is 9.59 Å². The Hall–Kier alpha value is -1.82. The van der Waals surface area contributed by atoms with Crippen LogP contribution in [0.25, 0.3) is 11.0 Å². The number of carbonyl (C=O) groups excluding carboxylic acids is 1. The third kappa shape index (κ3) is 2.44. The van der Waals surface area contributed by atoms with Crippen LogP contribution >= 0.6 is 15.9 Å². The Labute approximate surface area is 129 Å². The summed E-state index contributed by atoms with van der Waals surface area (Å²) >= 11 is 3.38. The molecule has 1 N–H and O–H groups in total. The van der Waals surface area contributed by atoms with Gasteiger partial charge in [0, 0.05) is 22.4 Å². The van der Waals surface area contributed by atoms with Crippen LogP contribution in [-0.4, -0.2) is 34.5 Å². The van der Waals surface area contributed by atoms with E-state index >= 15 is 0 Å². The third-order valence-electron chi connectivity index (χ3n) is 4.02. The molecule has 0 saturated carbocycles. The number of rotatable bonds is 2. The number of halogens is 1. The van der Waals surface area contributed by atoms with Gasteiger partial charge >= 0.3 is 5.97 Å². The predicted octanol–water partition coefficient (Wildman–Crippen LogP) is 3.13. The van der Waals surface area contributed by atoms with E-state index in [0.717, 1.165) is 9.86 Å². The van der Waals surface area contributed by atoms with Crippen LogP contribution in [0.3, 0.4) is 0 Å². The van der Waals surface area contributed by atoms with Gasteiger partial charge in [0.15, 0.2) is 5.76 Å². The van der Waals surface area contributed by atoms with Crippen molar-refractivity contribution in [2.75, 3.05) is 6.54 Å². The SMILES string of the molecule is CC1C(C(=O)O)CCN1C(=O)c1cc2cc(Br)ccc2o1. The standard InChI is InChI=1S/C15H14BrNO4/c1-8-11(15(19)20)4-5-17(8)14(18)13-7-9-6-10(16)2-3-12(9)21-13/h2-3,6-8,11H,4-5H2,1H3,(H,19,20). The molecule has 1 aliphatic heterocycles. The number of nitrogens with zero attached hydrogens (tertiary/aromatic N) is 1. The summed E-state index contributed by atoms with van der Waals surface area (Å²) < 4.78 is 6.49. The van der Waals surface area contributed by atoms with Gasteiger partial charge in [-0.15, -0.1) is 0 Å². The zero-order chi connectivity index (χ0) is 15.1. The van der Waals surface area contributed by atoms with Crippen LogP contribution in [0.4, 0.5) is 0 Å². The zero-order valence-electron chi connectivity index (χ0n) is 11.4. The van der Waals surface area contributed by atoms with Gasteiger partial charge in [-0.3, -0.25) is 9.59 Å². The molecule has 21 heavy (non-hydrogen) atoms. The van der Waals surface area contributed by atoms with Crippen molar-refractivity contribution in [1.29, 1.82) is 0 Å². The first-order chi connectivity index (χ1) is 9.97. The molecule has 1 saturated heterocycles. The molecule has 110 valence electrons. The van der Waals surface area contributed by atoms with Crippen molar-refractivity contribution in [3.8, 4) is 0 Å². The van der Waals surface area contributed by atoms with Crippen molar-refractivity contribution in [1.82, 2.24) is 4.90 Å². The van der Waals surface area contributed by atoms with Gasteiger partial charge in [-0.1, -0.05) is 15.9 Å². The molecule has 2 aromatic rings. The molecule has 1 aromatic carbocycles. The van der Waals surface area contributed by atoms with E-state index in [1.54, 1.807) is 24.0 Å². The molecule has 1 aromatic heterocycles. The van der Waals surface area contributed by atoms with E-state index in [2.05, 4.69) is 15.9 Å². The summed E-state index contributed by atoms with van der Waals surface area (Å²) in [5.41, 5.74) is 0.642. The smallest absolute Gasteiger partial charge is 0.308 e. The minimum Gasteiger partial charge on any atom is -0.481 e. The van der Waals surface area contributed by atoms with E-state index in [-0.39, 0.29) is 17.7 Å². The second kappa shape index (κ2) is 5.18. The summed E-state index contributed by atoms with van der Waals surface area (Å²) in [6, 6.07) is 6.89. The first-order valence-electron chi connectivity index (χ1n) is 6.70. The average Bonchev–Trinajstić information content (AvgIpc) is 3.00. The highest BCUT2D eigenvalue weighted by atomic mass is 79.9. The average molecular weight is 352 g/mol. The summed E-state index contributed by atoms with van der Waals surface area (Å²) in [7, 11) is 0. The lowest BCUT2D eigenvalue weighted by Gasteiger charge is -2.22. The number of likely N-dealkylation sites (tertiary alicyclic amines) is 1. The van der Waals surface area contributed by atoms with Gasteiger partial charge in [0.25, 0.3) is 5.91 Å². The topological polar surface area (TPSA) is 70.8 Å². The molecule has 0 radical (unpaired) electrons. The van der Waals surface area contributed by atoms with Crippen LogP contribution in [0.1, 0.15) is 23.9 Å². The number of hydrogen-bond acceptors (Lipinski definition) is 3. The summed E-state index contributed by atoms with van der Waals surface area (Å²) in [4.78, 5) is 25.2.